The lowest BCUT2D eigenvalue weighted by molar-refractivity contribution is -0.130. The molecule has 0 aromatic heterocycles. The van der Waals surface area contributed by atoms with Crippen LogP contribution in [0.4, 0.5) is 0 Å². The molecule has 0 heterocycles. The standard InChI is InChI=1S/C19H23ClN2O5/c1-12(17(23)22-19(11-21)7-5-4-6-8-19)27-18(24)13-9-14(20)16(26-3)15(10-13)25-2/h9-10,12H,4-8H2,1-3H3,(H,22,23). The Morgan fingerprint density at radius 2 is 1.89 bits per heavy atom. The number of rotatable bonds is 6. The van der Waals surface area contributed by atoms with E-state index in [0.717, 1.165) is 19.3 Å². The Kier molecular flexibility index (Phi) is 6.92. The van der Waals surface area contributed by atoms with Gasteiger partial charge in [-0.2, -0.15) is 5.26 Å². The summed E-state index contributed by atoms with van der Waals surface area (Å²) >= 11 is 6.09. The first-order chi connectivity index (χ1) is 12.9. The van der Waals surface area contributed by atoms with E-state index in [4.69, 9.17) is 25.8 Å². The second-order valence-corrected chi connectivity index (χ2v) is 6.89. The molecule has 27 heavy (non-hydrogen) atoms. The third-order valence-corrected chi connectivity index (χ3v) is 4.89. The van der Waals surface area contributed by atoms with Crippen molar-refractivity contribution in [3.05, 3.63) is 22.7 Å². The Morgan fingerprint density at radius 3 is 2.44 bits per heavy atom. The van der Waals surface area contributed by atoms with E-state index in [1.54, 1.807) is 0 Å². The predicted octanol–water partition coefficient (Wildman–Crippen LogP) is 3.25. The van der Waals surface area contributed by atoms with E-state index in [0.29, 0.717) is 18.6 Å². The van der Waals surface area contributed by atoms with E-state index < -0.39 is 23.5 Å². The van der Waals surface area contributed by atoms with Crippen molar-refractivity contribution >= 4 is 23.5 Å². The van der Waals surface area contributed by atoms with Crippen molar-refractivity contribution in [3.63, 3.8) is 0 Å². The van der Waals surface area contributed by atoms with Gasteiger partial charge in [0.2, 0.25) is 0 Å². The van der Waals surface area contributed by atoms with Crippen molar-refractivity contribution in [2.45, 2.75) is 50.7 Å². The topological polar surface area (TPSA) is 97.6 Å². The molecule has 146 valence electrons. The number of nitrogens with zero attached hydrogens (tertiary/aromatic N) is 1. The van der Waals surface area contributed by atoms with E-state index >= 15 is 0 Å². The summed E-state index contributed by atoms with van der Waals surface area (Å²) in [6.45, 7) is 1.46. The minimum absolute atomic E-state index is 0.130. The van der Waals surface area contributed by atoms with Gasteiger partial charge in [0.15, 0.2) is 17.6 Å². The minimum Gasteiger partial charge on any atom is -0.493 e. The van der Waals surface area contributed by atoms with Gasteiger partial charge in [0.1, 0.15) is 5.54 Å². The second-order valence-electron chi connectivity index (χ2n) is 6.48. The molecular formula is C19H23ClN2O5. The number of hydrogen-bond acceptors (Lipinski definition) is 6. The maximum atomic E-state index is 12.4. The average molecular weight is 395 g/mol. The van der Waals surface area contributed by atoms with Crippen LogP contribution in [0.3, 0.4) is 0 Å². The van der Waals surface area contributed by atoms with Crippen LogP contribution in [-0.2, 0) is 9.53 Å². The lowest BCUT2D eigenvalue weighted by atomic mass is 9.83. The van der Waals surface area contributed by atoms with Crippen LogP contribution < -0.4 is 14.8 Å². The number of nitriles is 1. The molecule has 1 aliphatic carbocycles. The first kappa shape index (κ1) is 20.8. The average Bonchev–Trinajstić information content (AvgIpc) is 2.67. The van der Waals surface area contributed by atoms with Crippen molar-refractivity contribution in [1.29, 1.82) is 5.26 Å². The molecule has 0 aliphatic heterocycles. The number of benzene rings is 1. The normalized spacial score (nSPS) is 16.6. The molecule has 1 unspecified atom stereocenters. The van der Waals surface area contributed by atoms with Crippen LogP contribution in [-0.4, -0.2) is 37.7 Å². The smallest absolute Gasteiger partial charge is 0.339 e. The Balaban J connectivity index is 2.07. The zero-order valence-corrected chi connectivity index (χ0v) is 16.4. The number of halogens is 1. The van der Waals surface area contributed by atoms with Crippen LogP contribution in [0.1, 0.15) is 49.4 Å². The number of amides is 1. The number of ether oxygens (including phenoxy) is 3. The highest BCUT2D eigenvalue weighted by Crippen LogP contribution is 2.36. The van der Waals surface area contributed by atoms with Crippen molar-refractivity contribution in [2.24, 2.45) is 0 Å². The summed E-state index contributed by atoms with van der Waals surface area (Å²) in [5, 5.41) is 12.4. The fraction of sp³-hybridized carbons (Fsp3) is 0.526. The molecule has 1 saturated carbocycles. The summed E-state index contributed by atoms with van der Waals surface area (Å²) in [6.07, 6.45) is 2.95. The molecule has 7 nitrogen and oxygen atoms in total. The SMILES string of the molecule is COc1cc(C(=O)OC(C)C(=O)NC2(C#N)CCCCC2)cc(Cl)c1OC. The molecule has 0 spiro atoms. The monoisotopic (exact) mass is 394 g/mol. The lowest BCUT2D eigenvalue weighted by Gasteiger charge is -2.32. The third-order valence-electron chi connectivity index (χ3n) is 4.61. The molecule has 0 saturated heterocycles. The number of nitrogens with one attached hydrogen (secondary N) is 1. The van der Waals surface area contributed by atoms with E-state index in [1.165, 1.54) is 33.3 Å². The zero-order valence-electron chi connectivity index (χ0n) is 15.6. The second kappa shape index (κ2) is 8.96. The molecule has 1 N–H and O–H groups in total. The maximum Gasteiger partial charge on any atom is 0.339 e. The predicted molar refractivity (Wildman–Crippen MR) is 99.0 cm³/mol. The Hall–Kier alpha value is -2.46. The first-order valence-electron chi connectivity index (χ1n) is 8.71. The number of esters is 1. The summed E-state index contributed by atoms with van der Waals surface area (Å²) in [5.41, 5.74) is -0.757. The number of hydrogen-bond donors (Lipinski definition) is 1. The van der Waals surface area contributed by atoms with Gasteiger partial charge in [-0.15, -0.1) is 0 Å². The van der Waals surface area contributed by atoms with E-state index in [9.17, 15) is 14.9 Å². The van der Waals surface area contributed by atoms with Gasteiger partial charge >= 0.3 is 5.97 Å². The Labute approximate surface area is 163 Å². The highest BCUT2D eigenvalue weighted by atomic mass is 35.5. The van der Waals surface area contributed by atoms with Gasteiger partial charge < -0.3 is 19.5 Å². The molecule has 1 amide bonds. The van der Waals surface area contributed by atoms with Crippen LogP contribution in [0.2, 0.25) is 5.02 Å². The summed E-state index contributed by atoms with van der Waals surface area (Å²) in [4.78, 5) is 24.8. The highest BCUT2D eigenvalue weighted by Gasteiger charge is 2.35. The summed E-state index contributed by atoms with van der Waals surface area (Å²) < 4.78 is 15.5. The molecule has 8 heteroatoms. The maximum absolute atomic E-state index is 12.4. The fourth-order valence-corrected chi connectivity index (χ4v) is 3.36. The molecular weight excluding hydrogens is 372 g/mol. The third kappa shape index (κ3) is 4.83. The van der Waals surface area contributed by atoms with Crippen molar-refractivity contribution in [3.8, 4) is 17.6 Å². The van der Waals surface area contributed by atoms with Crippen molar-refractivity contribution < 1.29 is 23.8 Å². The van der Waals surface area contributed by atoms with E-state index in [1.807, 2.05) is 0 Å². The van der Waals surface area contributed by atoms with Gasteiger partial charge in [0.05, 0.1) is 30.9 Å². The molecule has 1 aliphatic rings. The highest BCUT2D eigenvalue weighted by molar-refractivity contribution is 6.32. The van der Waals surface area contributed by atoms with Crippen LogP contribution >= 0.6 is 11.6 Å². The molecule has 0 radical (unpaired) electrons. The van der Waals surface area contributed by atoms with Crippen molar-refractivity contribution in [2.75, 3.05) is 14.2 Å². The molecule has 1 aromatic carbocycles. The van der Waals surface area contributed by atoms with E-state index in [-0.39, 0.29) is 16.3 Å². The molecule has 2 rings (SSSR count). The lowest BCUT2D eigenvalue weighted by Crippen LogP contribution is -2.52. The zero-order chi connectivity index (χ0) is 20.0. The summed E-state index contributed by atoms with van der Waals surface area (Å²) in [7, 11) is 2.86. The van der Waals surface area contributed by atoms with Crippen LogP contribution in [0.5, 0.6) is 11.5 Å². The van der Waals surface area contributed by atoms with Crippen LogP contribution in [0, 0.1) is 11.3 Å². The number of carbonyl (C=O) groups excluding carboxylic acids is 2. The molecule has 1 aromatic rings. The minimum atomic E-state index is -1.06. The van der Waals surface area contributed by atoms with Gasteiger partial charge in [-0.05, 0) is 31.9 Å². The summed E-state index contributed by atoms with van der Waals surface area (Å²) in [5.74, 6) is -0.650. The van der Waals surface area contributed by atoms with Gasteiger partial charge in [-0.1, -0.05) is 30.9 Å². The molecule has 0 bridgehead atoms. The molecule has 1 atom stereocenters. The number of carbonyl (C=O) groups is 2. The van der Waals surface area contributed by atoms with Gasteiger partial charge in [0.25, 0.3) is 5.91 Å². The van der Waals surface area contributed by atoms with Gasteiger partial charge in [-0.3, -0.25) is 4.79 Å². The molecule has 1 fully saturated rings. The van der Waals surface area contributed by atoms with Gasteiger partial charge in [0, 0.05) is 0 Å². The Morgan fingerprint density at radius 1 is 1.22 bits per heavy atom. The van der Waals surface area contributed by atoms with Crippen molar-refractivity contribution in [1.82, 2.24) is 5.32 Å². The number of methoxy groups -OCH3 is 2. The Bertz CT molecular complexity index is 753. The van der Waals surface area contributed by atoms with Crippen LogP contribution in [0.25, 0.3) is 0 Å². The summed E-state index contributed by atoms with van der Waals surface area (Å²) in [6, 6.07) is 5.01. The van der Waals surface area contributed by atoms with Crippen LogP contribution in [0.15, 0.2) is 12.1 Å². The fourth-order valence-electron chi connectivity index (χ4n) is 3.08. The largest absolute Gasteiger partial charge is 0.493 e. The van der Waals surface area contributed by atoms with Gasteiger partial charge in [-0.25, -0.2) is 4.79 Å². The quantitative estimate of drug-likeness (QED) is 0.744. The first-order valence-corrected chi connectivity index (χ1v) is 9.09. The van der Waals surface area contributed by atoms with E-state index in [2.05, 4.69) is 11.4 Å².